The van der Waals surface area contributed by atoms with Crippen LogP contribution < -0.4 is 0 Å². The summed E-state index contributed by atoms with van der Waals surface area (Å²) >= 11 is 0. The Hall–Kier alpha value is -2.06. The molecule has 0 saturated heterocycles. The number of fused-ring (bicyclic) bond motifs is 2. The van der Waals surface area contributed by atoms with Crippen molar-refractivity contribution in [2.24, 2.45) is 11.8 Å². The normalized spacial score (nSPS) is 29.4. The summed E-state index contributed by atoms with van der Waals surface area (Å²) in [6.45, 7) is 0. The van der Waals surface area contributed by atoms with E-state index in [1.165, 1.54) is 17.6 Å². The second-order valence-corrected chi connectivity index (χ2v) is 5.18. The van der Waals surface area contributed by atoms with Gasteiger partial charge in [-0.3, -0.25) is 0 Å². The summed E-state index contributed by atoms with van der Waals surface area (Å²) in [5.74, 6) is 1.00. The summed E-state index contributed by atoms with van der Waals surface area (Å²) in [6, 6.07) is 4.50. The first-order valence-corrected chi connectivity index (χ1v) is 6.46. The van der Waals surface area contributed by atoms with E-state index in [0.717, 1.165) is 30.4 Å². The van der Waals surface area contributed by atoms with Gasteiger partial charge in [-0.2, -0.15) is 10.5 Å². The van der Waals surface area contributed by atoms with Crippen LogP contribution >= 0.6 is 0 Å². The molecule has 2 nitrogen and oxygen atoms in total. The maximum absolute atomic E-state index is 9.04. The Labute approximate surface area is 107 Å². The lowest BCUT2D eigenvalue weighted by Gasteiger charge is -2.34. The molecule has 0 heterocycles. The molecule has 18 heavy (non-hydrogen) atoms. The fraction of sp³-hybridized carbons (Fsp3) is 0.375. The molecule has 2 atom stereocenters. The van der Waals surface area contributed by atoms with E-state index in [9.17, 15) is 0 Å². The highest BCUT2D eigenvalue weighted by molar-refractivity contribution is 5.52. The average molecular weight is 234 g/mol. The molecule has 0 aliphatic heterocycles. The Morgan fingerprint density at radius 2 is 1.89 bits per heavy atom. The second kappa shape index (κ2) is 4.31. The monoisotopic (exact) mass is 234 g/mol. The van der Waals surface area contributed by atoms with Gasteiger partial charge in [-0.15, -0.1) is 0 Å². The molecule has 0 aromatic heterocycles. The predicted octanol–water partition coefficient (Wildman–Crippen LogP) is 3.57. The van der Waals surface area contributed by atoms with Gasteiger partial charge in [0.05, 0.1) is 12.1 Å². The lowest BCUT2D eigenvalue weighted by Crippen LogP contribution is -2.21. The molecule has 0 fully saturated rings. The van der Waals surface area contributed by atoms with E-state index >= 15 is 0 Å². The van der Waals surface area contributed by atoms with Gasteiger partial charge >= 0.3 is 0 Å². The zero-order chi connectivity index (χ0) is 12.5. The number of rotatable bonds is 0. The van der Waals surface area contributed by atoms with E-state index in [2.05, 4.69) is 30.4 Å². The highest BCUT2D eigenvalue weighted by atomic mass is 14.4. The maximum Gasteiger partial charge on any atom is 0.0988 e. The summed E-state index contributed by atoms with van der Waals surface area (Å²) in [7, 11) is 0. The molecule has 0 N–H and O–H groups in total. The minimum absolute atomic E-state index is 0.380. The van der Waals surface area contributed by atoms with Crippen molar-refractivity contribution in [3.8, 4) is 12.1 Å². The largest absolute Gasteiger partial charge is 0.193 e. The molecular weight excluding hydrogens is 220 g/mol. The Morgan fingerprint density at radius 3 is 2.67 bits per heavy atom. The summed E-state index contributed by atoms with van der Waals surface area (Å²) in [4.78, 5) is 0. The van der Waals surface area contributed by atoms with Gasteiger partial charge in [-0.1, -0.05) is 12.2 Å². The zero-order valence-electron chi connectivity index (χ0n) is 10.2. The molecule has 0 aromatic carbocycles. The zero-order valence-corrected chi connectivity index (χ0v) is 10.2. The molecule has 0 aromatic rings. The minimum Gasteiger partial charge on any atom is -0.193 e. The molecular formula is C16H14N2. The maximum atomic E-state index is 9.04. The molecule has 0 saturated carbocycles. The Balaban J connectivity index is 2.06. The molecule has 3 aliphatic rings. The van der Waals surface area contributed by atoms with Crippen LogP contribution in [0.4, 0.5) is 0 Å². The van der Waals surface area contributed by atoms with Crippen molar-refractivity contribution in [1.82, 2.24) is 0 Å². The summed E-state index contributed by atoms with van der Waals surface area (Å²) in [5.41, 5.74) is 4.34. The van der Waals surface area contributed by atoms with Gasteiger partial charge in [-0.05, 0) is 54.9 Å². The fourth-order valence-electron chi connectivity index (χ4n) is 3.24. The predicted molar refractivity (Wildman–Crippen MR) is 69.0 cm³/mol. The van der Waals surface area contributed by atoms with E-state index in [4.69, 9.17) is 10.5 Å². The standard InChI is InChI=1S/C16H14N2/c17-9-11-2-6-15-14(7-11)5-4-13-3-1-12(10-18)8-16(13)15/h2,6-8,13-14H,1,3-5H2. The number of nitriles is 2. The first kappa shape index (κ1) is 11.1. The van der Waals surface area contributed by atoms with Gasteiger partial charge in [0.15, 0.2) is 0 Å². The van der Waals surface area contributed by atoms with Crippen molar-refractivity contribution in [2.45, 2.75) is 25.7 Å². The summed E-state index contributed by atoms with van der Waals surface area (Å²) < 4.78 is 0. The Bertz CT molecular complexity index is 588. The van der Waals surface area contributed by atoms with Gasteiger partial charge in [0.25, 0.3) is 0 Å². The first-order valence-electron chi connectivity index (χ1n) is 6.46. The van der Waals surface area contributed by atoms with E-state index in [1.54, 1.807) is 0 Å². The van der Waals surface area contributed by atoms with E-state index in [1.807, 2.05) is 6.08 Å². The van der Waals surface area contributed by atoms with Gasteiger partial charge < -0.3 is 0 Å². The molecule has 0 amide bonds. The van der Waals surface area contributed by atoms with Crippen LogP contribution in [0.5, 0.6) is 0 Å². The summed E-state index contributed by atoms with van der Waals surface area (Å²) in [6.07, 6.45) is 12.5. The molecule has 0 radical (unpaired) electrons. The smallest absolute Gasteiger partial charge is 0.0988 e. The number of hydrogen-bond donors (Lipinski definition) is 0. The Morgan fingerprint density at radius 1 is 1.00 bits per heavy atom. The van der Waals surface area contributed by atoms with Crippen molar-refractivity contribution >= 4 is 0 Å². The van der Waals surface area contributed by atoms with E-state index in [-0.39, 0.29) is 0 Å². The number of hydrogen-bond acceptors (Lipinski definition) is 2. The first-order chi connectivity index (χ1) is 8.81. The topological polar surface area (TPSA) is 47.6 Å². The highest BCUT2D eigenvalue weighted by Crippen LogP contribution is 2.43. The molecule has 2 heteroatoms. The van der Waals surface area contributed by atoms with Crippen LogP contribution in [0.25, 0.3) is 0 Å². The third-order valence-corrected chi connectivity index (χ3v) is 4.19. The van der Waals surface area contributed by atoms with Crippen LogP contribution in [-0.4, -0.2) is 0 Å². The SMILES string of the molecule is N#CC1=CC2CCC3CCC(C#N)=CC3=C2C=C1. The molecule has 0 bridgehead atoms. The van der Waals surface area contributed by atoms with Gasteiger partial charge in [-0.25, -0.2) is 0 Å². The lowest BCUT2D eigenvalue weighted by molar-refractivity contribution is 0.435. The van der Waals surface area contributed by atoms with Crippen LogP contribution in [0.2, 0.25) is 0 Å². The van der Waals surface area contributed by atoms with Crippen molar-refractivity contribution in [1.29, 1.82) is 10.5 Å². The van der Waals surface area contributed by atoms with Crippen molar-refractivity contribution in [2.75, 3.05) is 0 Å². The molecule has 88 valence electrons. The van der Waals surface area contributed by atoms with Gasteiger partial charge in [0.1, 0.15) is 0 Å². The minimum atomic E-state index is 0.380. The number of nitrogens with zero attached hydrogens (tertiary/aromatic N) is 2. The van der Waals surface area contributed by atoms with Crippen molar-refractivity contribution < 1.29 is 0 Å². The van der Waals surface area contributed by atoms with Crippen LogP contribution in [0.15, 0.2) is 46.6 Å². The van der Waals surface area contributed by atoms with Gasteiger partial charge in [0, 0.05) is 17.1 Å². The van der Waals surface area contributed by atoms with Crippen molar-refractivity contribution in [3.05, 3.63) is 46.6 Å². The van der Waals surface area contributed by atoms with Crippen LogP contribution in [-0.2, 0) is 0 Å². The van der Waals surface area contributed by atoms with Crippen LogP contribution in [0.3, 0.4) is 0 Å². The lowest BCUT2D eigenvalue weighted by atomic mass is 9.70. The third-order valence-electron chi connectivity index (χ3n) is 4.19. The fourth-order valence-corrected chi connectivity index (χ4v) is 3.24. The summed E-state index contributed by atoms with van der Waals surface area (Å²) in [5, 5.41) is 18.0. The number of allylic oxidation sites excluding steroid dienone is 8. The quantitative estimate of drug-likeness (QED) is 0.643. The van der Waals surface area contributed by atoms with E-state index < -0.39 is 0 Å². The van der Waals surface area contributed by atoms with Gasteiger partial charge in [0.2, 0.25) is 0 Å². The average Bonchev–Trinajstić information content (AvgIpc) is 2.45. The van der Waals surface area contributed by atoms with E-state index in [0.29, 0.717) is 11.8 Å². The molecule has 3 aliphatic carbocycles. The van der Waals surface area contributed by atoms with Crippen molar-refractivity contribution in [3.63, 3.8) is 0 Å². The Kier molecular flexibility index (Phi) is 2.65. The van der Waals surface area contributed by atoms with Crippen LogP contribution in [0.1, 0.15) is 25.7 Å². The third kappa shape index (κ3) is 1.71. The van der Waals surface area contributed by atoms with Crippen LogP contribution in [0, 0.1) is 34.5 Å². The molecule has 0 spiro atoms. The molecule has 3 rings (SSSR count). The highest BCUT2D eigenvalue weighted by Gasteiger charge is 2.30. The molecule has 2 unspecified atom stereocenters. The second-order valence-electron chi connectivity index (χ2n) is 5.18.